The zero-order valence-electron chi connectivity index (χ0n) is 11.0. The lowest BCUT2D eigenvalue weighted by atomic mass is 10.0. The van der Waals surface area contributed by atoms with Crippen LogP contribution < -0.4 is 5.32 Å². The van der Waals surface area contributed by atoms with Gasteiger partial charge in [-0.15, -0.1) is 11.6 Å². The number of nitrogens with one attached hydrogen (secondary N) is 1. The number of nitrogens with zero attached hydrogens (tertiary/aromatic N) is 3. The second kappa shape index (κ2) is 7.67. The fourth-order valence-electron chi connectivity index (χ4n) is 1.82. The van der Waals surface area contributed by atoms with Crippen molar-refractivity contribution in [3.8, 4) is 0 Å². The van der Waals surface area contributed by atoms with Crippen molar-refractivity contribution < 1.29 is 0 Å². The minimum Gasteiger partial charge on any atom is -0.310 e. The average molecular weight is 259 g/mol. The van der Waals surface area contributed by atoms with E-state index in [9.17, 15) is 0 Å². The van der Waals surface area contributed by atoms with Crippen molar-refractivity contribution in [1.29, 1.82) is 0 Å². The van der Waals surface area contributed by atoms with Gasteiger partial charge in [0.05, 0.1) is 6.54 Å². The molecule has 1 unspecified atom stereocenters. The summed E-state index contributed by atoms with van der Waals surface area (Å²) in [5.74, 6) is 2.39. The topological polar surface area (TPSA) is 42.7 Å². The summed E-state index contributed by atoms with van der Waals surface area (Å²) in [5, 5.41) is 7.65. The van der Waals surface area contributed by atoms with Crippen LogP contribution in [0.4, 0.5) is 0 Å². The molecule has 0 saturated heterocycles. The summed E-state index contributed by atoms with van der Waals surface area (Å²) in [7, 11) is 0. The molecule has 1 rings (SSSR count). The molecule has 4 nitrogen and oxygen atoms in total. The molecule has 0 aliphatic heterocycles. The predicted molar refractivity (Wildman–Crippen MR) is 71.2 cm³/mol. The highest BCUT2D eigenvalue weighted by Gasteiger charge is 2.09. The fourth-order valence-corrected chi connectivity index (χ4v) is 2.13. The number of alkyl halides is 1. The maximum absolute atomic E-state index is 5.77. The van der Waals surface area contributed by atoms with Gasteiger partial charge in [-0.2, -0.15) is 5.10 Å². The molecule has 17 heavy (non-hydrogen) atoms. The van der Waals surface area contributed by atoms with Crippen molar-refractivity contribution in [2.45, 2.75) is 46.2 Å². The van der Waals surface area contributed by atoms with E-state index in [-0.39, 0.29) is 0 Å². The van der Waals surface area contributed by atoms with E-state index < -0.39 is 0 Å². The van der Waals surface area contributed by atoms with Gasteiger partial charge in [0.2, 0.25) is 0 Å². The smallest absolute Gasteiger partial charge is 0.141 e. The summed E-state index contributed by atoms with van der Waals surface area (Å²) in [5.41, 5.74) is 0. The Morgan fingerprint density at radius 1 is 1.47 bits per heavy atom. The Bertz CT molecular complexity index is 311. The van der Waals surface area contributed by atoms with Crippen LogP contribution in [0.25, 0.3) is 0 Å². The molecule has 1 aromatic rings. The SMILES string of the molecule is CCC(CCCl)CNCc1ncnn1C(C)C. The van der Waals surface area contributed by atoms with Crippen LogP contribution in [0.2, 0.25) is 0 Å². The maximum atomic E-state index is 5.77. The van der Waals surface area contributed by atoms with Crippen molar-refractivity contribution in [3.63, 3.8) is 0 Å². The number of rotatable bonds is 8. The summed E-state index contributed by atoms with van der Waals surface area (Å²) in [6.45, 7) is 8.20. The first-order valence-electron chi connectivity index (χ1n) is 6.34. The number of aromatic nitrogens is 3. The van der Waals surface area contributed by atoms with Gasteiger partial charge in [0.25, 0.3) is 0 Å². The third kappa shape index (κ3) is 4.64. The van der Waals surface area contributed by atoms with E-state index in [0.717, 1.165) is 37.6 Å². The van der Waals surface area contributed by atoms with Crippen molar-refractivity contribution in [3.05, 3.63) is 12.2 Å². The van der Waals surface area contributed by atoms with Crippen LogP contribution in [-0.4, -0.2) is 27.2 Å². The van der Waals surface area contributed by atoms with Gasteiger partial charge in [-0.05, 0) is 32.7 Å². The van der Waals surface area contributed by atoms with E-state index in [0.29, 0.717) is 12.0 Å². The minimum atomic E-state index is 0.360. The highest BCUT2D eigenvalue weighted by atomic mass is 35.5. The van der Waals surface area contributed by atoms with Gasteiger partial charge in [-0.3, -0.25) is 0 Å². The normalized spacial score (nSPS) is 13.2. The predicted octanol–water partition coefficient (Wildman–Crippen LogP) is 2.60. The molecular formula is C12H23ClN4. The average Bonchev–Trinajstić information content (AvgIpc) is 2.76. The van der Waals surface area contributed by atoms with Gasteiger partial charge < -0.3 is 5.32 Å². The molecule has 1 aromatic heterocycles. The monoisotopic (exact) mass is 258 g/mol. The van der Waals surface area contributed by atoms with E-state index in [2.05, 4.69) is 36.2 Å². The quantitative estimate of drug-likeness (QED) is 0.729. The first kappa shape index (κ1) is 14.5. The highest BCUT2D eigenvalue weighted by molar-refractivity contribution is 6.17. The van der Waals surface area contributed by atoms with Crippen LogP contribution in [0.3, 0.4) is 0 Å². The summed E-state index contributed by atoms with van der Waals surface area (Å²) in [6.07, 6.45) is 3.85. The van der Waals surface area contributed by atoms with Gasteiger partial charge in [-0.25, -0.2) is 9.67 Å². The molecule has 0 spiro atoms. The molecule has 0 aromatic carbocycles. The third-order valence-electron chi connectivity index (χ3n) is 2.95. The van der Waals surface area contributed by atoms with Crippen molar-refractivity contribution in [2.75, 3.05) is 12.4 Å². The molecule has 0 saturated carbocycles. The molecule has 5 heteroatoms. The van der Waals surface area contributed by atoms with E-state index in [1.165, 1.54) is 0 Å². The van der Waals surface area contributed by atoms with Crippen LogP contribution in [0.15, 0.2) is 6.33 Å². The van der Waals surface area contributed by atoms with E-state index in [1.807, 2.05) is 4.68 Å². The van der Waals surface area contributed by atoms with E-state index >= 15 is 0 Å². The van der Waals surface area contributed by atoms with E-state index in [4.69, 9.17) is 11.6 Å². The van der Waals surface area contributed by atoms with Gasteiger partial charge in [0, 0.05) is 11.9 Å². The fraction of sp³-hybridized carbons (Fsp3) is 0.833. The Balaban J connectivity index is 2.37. The molecule has 1 N–H and O–H groups in total. The molecule has 0 aliphatic rings. The summed E-state index contributed by atoms with van der Waals surface area (Å²) in [4.78, 5) is 4.27. The lowest BCUT2D eigenvalue weighted by Gasteiger charge is -2.15. The number of hydrogen-bond donors (Lipinski definition) is 1. The second-order valence-electron chi connectivity index (χ2n) is 4.60. The van der Waals surface area contributed by atoms with Crippen LogP contribution in [-0.2, 0) is 6.54 Å². The third-order valence-corrected chi connectivity index (χ3v) is 3.17. The maximum Gasteiger partial charge on any atom is 0.141 e. The van der Waals surface area contributed by atoms with Crippen LogP contribution >= 0.6 is 11.6 Å². The molecule has 0 fully saturated rings. The summed E-state index contributed by atoms with van der Waals surface area (Å²) in [6, 6.07) is 0.360. The Labute approximate surface area is 109 Å². The number of halogens is 1. The Kier molecular flexibility index (Phi) is 6.52. The number of hydrogen-bond acceptors (Lipinski definition) is 3. The molecule has 1 atom stereocenters. The first-order valence-corrected chi connectivity index (χ1v) is 6.87. The summed E-state index contributed by atoms with van der Waals surface area (Å²) < 4.78 is 1.95. The molecule has 0 bridgehead atoms. The van der Waals surface area contributed by atoms with Crippen molar-refractivity contribution in [1.82, 2.24) is 20.1 Å². The molecule has 98 valence electrons. The minimum absolute atomic E-state index is 0.360. The van der Waals surface area contributed by atoms with Crippen LogP contribution in [0, 0.1) is 5.92 Å². The van der Waals surface area contributed by atoms with Gasteiger partial charge >= 0.3 is 0 Å². The standard InChI is InChI=1S/C12H23ClN4/c1-4-11(5-6-13)7-14-8-12-15-9-16-17(12)10(2)3/h9-11,14H,4-8H2,1-3H3. The Morgan fingerprint density at radius 3 is 2.82 bits per heavy atom. The van der Waals surface area contributed by atoms with Gasteiger partial charge in [0.15, 0.2) is 0 Å². The zero-order chi connectivity index (χ0) is 12.7. The summed E-state index contributed by atoms with van der Waals surface area (Å²) >= 11 is 5.77. The molecular weight excluding hydrogens is 236 g/mol. The van der Waals surface area contributed by atoms with Gasteiger partial charge in [0.1, 0.15) is 12.2 Å². The Morgan fingerprint density at radius 2 is 2.24 bits per heavy atom. The largest absolute Gasteiger partial charge is 0.310 e. The van der Waals surface area contributed by atoms with Crippen LogP contribution in [0.1, 0.15) is 45.5 Å². The molecule has 0 radical (unpaired) electrons. The van der Waals surface area contributed by atoms with Gasteiger partial charge in [-0.1, -0.05) is 13.3 Å². The van der Waals surface area contributed by atoms with E-state index in [1.54, 1.807) is 6.33 Å². The lowest BCUT2D eigenvalue weighted by Crippen LogP contribution is -2.24. The van der Waals surface area contributed by atoms with Crippen molar-refractivity contribution in [2.24, 2.45) is 5.92 Å². The lowest BCUT2D eigenvalue weighted by molar-refractivity contribution is 0.433. The highest BCUT2D eigenvalue weighted by Crippen LogP contribution is 2.09. The van der Waals surface area contributed by atoms with Crippen LogP contribution in [0.5, 0.6) is 0 Å². The molecule has 1 heterocycles. The van der Waals surface area contributed by atoms with Crippen molar-refractivity contribution >= 4 is 11.6 Å². The molecule has 0 amide bonds. The zero-order valence-corrected chi connectivity index (χ0v) is 11.7. The first-order chi connectivity index (χ1) is 8.19. The Hall–Kier alpha value is -0.610. The molecule has 0 aliphatic carbocycles. The second-order valence-corrected chi connectivity index (χ2v) is 4.98.